The largest absolute Gasteiger partial charge is 0.448 e. The average molecular weight is 355 g/mol. The number of aromatic amines is 1. The maximum Gasteiger partial charge on any atom is 0.410 e. The minimum absolute atomic E-state index is 0.000726. The van der Waals surface area contributed by atoms with Crippen molar-refractivity contribution in [3.8, 4) is 0 Å². The molecule has 124 valence electrons. The molecule has 0 aromatic carbocycles. The summed E-state index contributed by atoms with van der Waals surface area (Å²) < 4.78 is 10.6. The Morgan fingerprint density at radius 1 is 1.57 bits per heavy atom. The third kappa shape index (κ3) is 4.67. The maximum atomic E-state index is 12.1. The maximum absolute atomic E-state index is 12.1. The minimum atomic E-state index is -0.879. The highest BCUT2D eigenvalue weighted by atomic mass is 32.1. The molecular formula is C14H17N3O4S2. The lowest BCUT2D eigenvalue weighted by molar-refractivity contribution is 0.0716. The highest BCUT2D eigenvalue weighted by Crippen LogP contribution is 2.27. The van der Waals surface area contributed by atoms with Crippen molar-refractivity contribution >= 4 is 41.3 Å². The summed E-state index contributed by atoms with van der Waals surface area (Å²) >= 11 is 6.52. The van der Waals surface area contributed by atoms with E-state index in [0.717, 1.165) is 11.3 Å². The third-order valence-electron chi connectivity index (χ3n) is 3.27. The van der Waals surface area contributed by atoms with Crippen molar-refractivity contribution in [2.45, 2.75) is 12.5 Å². The number of nitrogens with one attached hydrogen (secondary N) is 1. The van der Waals surface area contributed by atoms with Crippen molar-refractivity contribution in [2.75, 3.05) is 19.8 Å². The number of primary amides is 1. The van der Waals surface area contributed by atoms with Crippen LogP contribution in [-0.4, -0.2) is 47.9 Å². The number of rotatable bonds is 5. The Balaban J connectivity index is 2.15. The molecule has 0 aliphatic carbocycles. The van der Waals surface area contributed by atoms with Gasteiger partial charge in [-0.05, 0) is 24.2 Å². The Kier molecular flexibility index (Phi) is 5.94. The molecule has 0 spiro atoms. The summed E-state index contributed by atoms with van der Waals surface area (Å²) in [6.45, 7) is 3.96. The molecule has 9 heteroatoms. The molecule has 3 N–H and O–H groups in total. The van der Waals surface area contributed by atoms with Crippen molar-refractivity contribution in [3.05, 3.63) is 33.8 Å². The van der Waals surface area contributed by atoms with Crippen molar-refractivity contribution in [3.63, 3.8) is 0 Å². The molecule has 1 aromatic heterocycles. The van der Waals surface area contributed by atoms with E-state index in [1.165, 1.54) is 22.3 Å². The summed E-state index contributed by atoms with van der Waals surface area (Å²) in [5.41, 5.74) is 6.93. The topological polar surface area (TPSA) is 97.7 Å². The Labute approximate surface area is 142 Å². The fourth-order valence-electron chi connectivity index (χ4n) is 2.23. The molecule has 2 amide bonds. The molecule has 0 saturated carbocycles. The molecule has 1 aliphatic heterocycles. The van der Waals surface area contributed by atoms with Gasteiger partial charge in [0.05, 0.1) is 11.7 Å². The van der Waals surface area contributed by atoms with Crippen LogP contribution < -0.4 is 5.73 Å². The minimum Gasteiger partial charge on any atom is -0.448 e. The van der Waals surface area contributed by atoms with Crippen molar-refractivity contribution in [2.24, 2.45) is 5.73 Å². The Morgan fingerprint density at radius 2 is 2.35 bits per heavy atom. The van der Waals surface area contributed by atoms with Crippen LogP contribution in [0.15, 0.2) is 24.1 Å². The SMILES string of the molecule is C=CCOC(=O)N1CC=C(c2csc(=S)[nH]2)C[C@@H]1COC(N)=O. The van der Waals surface area contributed by atoms with Crippen LogP contribution in [0.1, 0.15) is 12.1 Å². The molecule has 2 heterocycles. The van der Waals surface area contributed by atoms with Crippen LogP contribution in [0.25, 0.3) is 5.57 Å². The number of nitrogens with two attached hydrogens (primary N) is 1. The van der Waals surface area contributed by atoms with Gasteiger partial charge in [0.25, 0.3) is 0 Å². The van der Waals surface area contributed by atoms with Gasteiger partial charge in [0, 0.05) is 11.9 Å². The van der Waals surface area contributed by atoms with E-state index >= 15 is 0 Å². The second kappa shape index (κ2) is 7.93. The quantitative estimate of drug-likeness (QED) is 0.625. The molecule has 0 radical (unpaired) electrons. The smallest absolute Gasteiger partial charge is 0.410 e. The molecule has 1 aliphatic rings. The number of ether oxygens (including phenoxy) is 2. The predicted octanol–water partition coefficient (Wildman–Crippen LogP) is 2.68. The normalized spacial score (nSPS) is 17.3. The first-order valence-electron chi connectivity index (χ1n) is 6.85. The van der Waals surface area contributed by atoms with Gasteiger partial charge in [-0.15, -0.1) is 11.3 Å². The molecule has 0 fully saturated rings. The molecule has 0 unspecified atom stereocenters. The van der Waals surface area contributed by atoms with Gasteiger partial charge in [0.2, 0.25) is 0 Å². The molecule has 0 saturated heterocycles. The molecule has 7 nitrogen and oxygen atoms in total. The van der Waals surface area contributed by atoms with Crippen molar-refractivity contribution in [1.29, 1.82) is 0 Å². The fourth-order valence-corrected chi connectivity index (χ4v) is 3.08. The summed E-state index contributed by atoms with van der Waals surface area (Å²) in [7, 11) is 0. The number of hydrogen-bond donors (Lipinski definition) is 2. The molecule has 23 heavy (non-hydrogen) atoms. The first-order valence-corrected chi connectivity index (χ1v) is 8.13. The van der Waals surface area contributed by atoms with Gasteiger partial charge in [-0.2, -0.15) is 0 Å². The number of aromatic nitrogens is 1. The summed E-state index contributed by atoms with van der Waals surface area (Å²) in [5, 5.41) is 1.92. The summed E-state index contributed by atoms with van der Waals surface area (Å²) in [6, 6.07) is -0.360. The lowest BCUT2D eigenvalue weighted by Gasteiger charge is -2.33. The number of amides is 2. The van der Waals surface area contributed by atoms with Gasteiger partial charge < -0.3 is 20.2 Å². The molecule has 1 atom stereocenters. The van der Waals surface area contributed by atoms with Crippen LogP contribution in [0.3, 0.4) is 0 Å². The zero-order chi connectivity index (χ0) is 16.8. The number of H-pyrrole nitrogens is 1. The van der Waals surface area contributed by atoms with Gasteiger partial charge in [-0.3, -0.25) is 4.90 Å². The van der Waals surface area contributed by atoms with Gasteiger partial charge >= 0.3 is 12.2 Å². The molecule has 0 bridgehead atoms. The number of carbonyl (C=O) groups is 2. The average Bonchev–Trinajstić information content (AvgIpc) is 2.96. The number of thiazole rings is 1. The third-order valence-corrected chi connectivity index (χ3v) is 4.33. The molecular weight excluding hydrogens is 338 g/mol. The van der Waals surface area contributed by atoms with E-state index in [0.29, 0.717) is 16.9 Å². The number of nitrogens with zero attached hydrogens (tertiary/aromatic N) is 1. The first kappa shape index (κ1) is 17.2. The monoisotopic (exact) mass is 355 g/mol. The zero-order valence-corrected chi connectivity index (χ0v) is 14.0. The lowest BCUT2D eigenvalue weighted by atomic mass is 9.99. The van der Waals surface area contributed by atoms with E-state index < -0.39 is 12.2 Å². The van der Waals surface area contributed by atoms with Crippen LogP contribution in [0.4, 0.5) is 9.59 Å². The highest BCUT2D eigenvalue weighted by Gasteiger charge is 2.30. The lowest BCUT2D eigenvalue weighted by Crippen LogP contribution is -2.46. The van der Waals surface area contributed by atoms with E-state index in [1.807, 2.05) is 11.5 Å². The zero-order valence-electron chi connectivity index (χ0n) is 12.3. The summed E-state index contributed by atoms with van der Waals surface area (Å²) in [4.78, 5) is 27.5. The van der Waals surface area contributed by atoms with Crippen LogP contribution in [-0.2, 0) is 9.47 Å². The Hall–Kier alpha value is -2.13. The standard InChI is InChI=1S/C14H17N3O4S2/c1-2-5-20-14(19)17-4-3-9(11-8-23-13(22)16-11)6-10(17)7-21-12(15)18/h2-3,8,10H,1,4-7H2,(H2,15,18)(H,16,22)/t10-/m1/s1. The molecule has 2 rings (SSSR count). The van der Waals surface area contributed by atoms with Crippen LogP contribution in [0.5, 0.6) is 0 Å². The predicted molar refractivity (Wildman–Crippen MR) is 89.7 cm³/mol. The van der Waals surface area contributed by atoms with E-state index in [1.54, 1.807) is 0 Å². The van der Waals surface area contributed by atoms with Crippen LogP contribution in [0, 0.1) is 3.95 Å². The second-order valence-electron chi connectivity index (χ2n) is 4.80. The van der Waals surface area contributed by atoms with Gasteiger partial charge in [0.15, 0.2) is 3.95 Å². The van der Waals surface area contributed by atoms with E-state index in [-0.39, 0.29) is 19.3 Å². The van der Waals surface area contributed by atoms with Gasteiger partial charge in [-0.25, -0.2) is 9.59 Å². The van der Waals surface area contributed by atoms with Crippen molar-refractivity contribution in [1.82, 2.24) is 9.88 Å². The van der Waals surface area contributed by atoms with Crippen LogP contribution >= 0.6 is 23.6 Å². The highest BCUT2D eigenvalue weighted by molar-refractivity contribution is 7.73. The second-order valence-corrected chi connectivity index (χ2v) is 6.34. The Bertz CT molecular complexity index is 680. The number of carbonyl (C=O) groups excluding carboxylic acids is 2. The van der Waals surface area contributed by atoms with E-state index in [2.05, 4.69) is 11.6 Å². The number of hydrogen-bond acceptors (Lipinski definition) is 6. The fraction of sp³-hybridized carbons (Fsp3) is 0.357. The first-order chi connectivity index (χ1) is 11.0. The van der Waals surface area contributed by atoms with E-state index in [4.69, 9.17) is 27.4 Å². The van der Waals surface area contributed by atoms with Gasteiger partial charge in [0.1, 0.15) is 13.2 Å². The van der Waals surface area contributed by atoms with Crippen molar-refractivity contribution < 1.29 is 19.1 Å². The summed E-state index contributed by atoms with van der Waals surface area (Å²) in [6.07, 6.45) is 2.54. The molecule has 1 aromatic rings. The van der Waals surface area contributed by atoms with Gasteiger partial charge in [-0.1, -0.05) is 18.7 Å². The summed E-state index contributed by atoms with van der Waals surface area (Å²) in [5.74, 6) is 0. The van der Waals surface area contributed by atoms with Crippen LogP contribution in [0.2, 0.25) is 0 Å². The Morgan fingerprint density at radius 3 is 2.96 bits per heavy atom. The van der Waals surface area contributed by atoms with E-state index in [9.17, 15) is 9.59 Å².